The standard InChI is InChI=1S/C20H19N5O2S/c1-12-7-9-16(10-8-12)27-14(3)18(26)21-19-24-25-17(22-23-20(25)28-19)15-6-4-5-13(2)11-15/h4-11,14H,1-3H3,(H,21,24,26)/t14-/m1/s1. The minimum atomic E-state index is -0.659. The van der Waals surface area contributed by atoms with Gasteiger partial charge in [0, 0.05) is 5.56 Å². The van der Waals surface area contributed by atoms with E-state index in [2.05, 4.69) is 20.6 Å². The van der Waals surface area contributed by atoms with Gasteiger partial charge in [-0.25, -0.2) is 0 Å². The molecule has 0 aliphatic heterocycles. The molecule has 28 heavy (non-hydrogen) atoms. The average molecular weight is 393 g/mol. The molecular weight excluding hydrogens is 374 g/mol. The molecule has 2 aromatic carbocycles. The first-order chi connectivity index (χ1) is 13.5. The van der Waals surface area contributed by atoms with Gasteiger partial charge in [-0.2, -0.15) is 4.52 Å². The topological polar surface area (TPSA) is 81.4 Å². The number of nitrogens with zero attached hydrogens (tertiary/aromatic N) is 4. The molecule has 0 aliphatic carbocycles. The highest BCUT2D eigenvalue weighted by molar-refractivity contribution is 7.20. The van der Waals surface area contributed by atoms with Crippen LogP contribution < -0.4 is 10.1 Å². The van der Waals surface area contributed by atoms with Crippen LogP contribution in [0.1, 0.15) is 18.1 Å². The van der Waals surface area contributed by atoms with Gasteiger partial charge in [-0.3, -0.25) is 10.1 Å². The molecule has 0 saturated heterocycles. The van der Waals surface area contributed by atoms with Crippen LogP contribution >= 0.6 is 11.3 Å². The SMILES string of the molecule is Cc1ccc(O[C@H](C)C(=O)Nc2nn3c(-c4cccc(C)c4)nnc3s2)cc1. The van der Waals surface area contributed by atoms with Crippen LogP contribution in [-0.4, -0.2) is 31.8 Å². The first-order valence-corrected chi connectivity index (χ1v) is 9.65. The minimum Gasteiger partial charge on any atom is -0.481 e. The summed E-state index contributed by atoms with van der Waals surface area (Å²) in [6, 6.07) is 15.5. The lowest BCUT2D eigenvalue weighted by atomic mass is 10.1. The van der Waals surface area contributed by atoms with Crippen LogP contribution in [0.3, 0.4) is 0 Å². The maximum atomic E-state index is 12.5. The molecule has 0 saturated carbocycles. The molecule has 1 amide bonds. The number of aromatic nitrogens is 4. The van der Waals surface area contributed by atoms with E-state index in [1.807, 2.05) is 62.4 Å². The number of benzene rings is 2. The molecule has 2 heterocycles. The number of carbonyl (C=O) groups is 1. The van der Waals surface area contributed by atoms with E-state index < -0.39 is 6.10 Å². The Balaban J connectivity index is 1.50. The summed E-state index contributed by atoms with van der Waals surface area (Å²) >= 11 is 1.26. The molecule has 1 N–H and O–H groups in total. The van der Waals surface area contributed by atoms with Crippen molar-refractivity contribution >= 4 is 27.3 Å². The Labute approximate surface area is 166 Å². The van der Waals surface area contributed by atoms with Gasteiger partial charge in [-0.15, -0.1) is 15.3 Å². The van der Waals surface area contributed by atoms with Crippen molar-refractivity contribution in [2.75, 3.05) is 5.32 Å². The van der Waals surface area contributed by atoms with Crippen molar-refractivity contribution in [2.45, 2.75) is 26.9 Å². The summed E-state index contributed by atoms with van der Waals surface area (Å²) in [7, 11) is 0. The maximum absolute atomic E-state index is 12.5. The third kappa shape index (κ3) is 3.72. The van der Waals surface area contributed by atoms with Crippen LogP contribution in [0, 0.1) is 13.8 Å². The Morgan fingerprint density at radius 2 is 1.89 bits per heavy atom. The molecule has 7 nitrogen and oxygen atoms in total. The van der Waals surface area contributed by atoms with Gasteiger partial charge >= 0.3 is 0 Å². The van der Waals surface area contributed by atoms with Crippen molar-refractivity contribution in [1.29, 1.82) is 0 Å². The Kier molecular flexibility index (Phi) is 4.79. The third-order valence-corrected chi connectivity index (χ3v) is 5.01. The molecule has 0 radical (unpaired) electrons. The van der Waals surface area contributed by atoms with E-state index in [1.54, 1.807) is 11.4 Å². The Bertz CT molecular complexity index is 1130. The number of hydrogen-bond acceptors (Lipinski definition) is 6. The number of fused-ring (bicyclic) bond motifs is 1. The monoisotopic (exact) mass is 393 g/mol. The number of aryl methyl sites for hydroxylation is 2. The zero-order chi connectivity index (χ0) is 19.7. The molecular formula is C20H19N5O2S. The normalized spacial score (nSPS) is 12.1. The quantitative estimate of drug-likeness (QED) is 0.557. The molecule has 8 heteroatoms. The van der Waals surface area contributed by atoms with Crippen LogP contribution in [0.4, 0.5) is 5.13 Å². The van der Waals surface area contributed by atoms with Gasteiger partial charge in [-0.1, -0.05) is 52.8 Å². The molecule has 4 rings (SSSR count). The van der Waals surface area contributed by atoms with Gasteiger partial charge in [0.2, 0.25) is 10.1 Å². The highest BCUT2D eigenvalue weighted by Crippen LogP contribution is 2.25. The second kappa shape index (κ2) is 7.40. The summed E-state index contributed by atoms with van der Waals surface area (Å²) in [5, 5.41) is 16.1. The van der Waals surface area contributed by atoms with Crippen LogP contribution in [0.2, 0.25) is 0 Å². The summed E-state index contributed by atoms with van der Waals surface area (Å²) in [5.41, 5.74) is 3.18. The molecule has 0 spiro atoms. The predicted molar refractivity (Wildman–Crippen MR) is 109 cm³/mol. The smallest absolute Gasteiger partial charge is 0.266 e. The highest BCUT2D eigenvalue weighted by Gasteiger charge is 2.19. The van der Waals surface area contributed by atoms with Gasteiger partial charge in [0.1, 0.15) is 5.75 Å². The average Bonchev–Trinajstić information content (AvgIpc) is 3.23. The summed E-state index contributed by atoms with van der Waals surface area (Å²) in [6.45, 7) is 5.72. The zero-order valence-corrected chi connectivity index (χ0v) is 16.5. The van der Waals surface area contributed by atoms with E-state index in [4.69, 9.17) is 4.74 Å². The van der Waals surface area contributed by atoms with E-state index >= 15 is 0 Å². The van der Waals surface area contributed by atoms with Gasteiger partial charge in [-0.05, 0) is 39.0 Å². The van der Waals surface area contributed by atoms with E-state index in [1.165, 1.54) is 11.3 Å². The van der Waals surface area contributed by atoms with Crippen LogP contribution in [0.15, 0.2) is 48.5 Å². The minimum absolute atomic E-state index is 0.275. The van der Waals surface area contributed by atoms with Gasteiger partial charge < -0.3 is 4.74 Å². The Morgan fingerprint density at radius 1 is 1.11 bits per heavy atom. The molecule has 4 aromatic rings. The maximum Gasteiger partial charge on any atom is 0.266 e. The highest BCUT2D eigenvalue weighted by atomic mass is 32.1. The summed E-state index contributed by atoms with van der Waals surface area (Å²) in [6.07, 6.45) is -0.659. The predicted octanol–water partition coefficient (Wildman–Crippen LogP) is 3.88. The second-order valence-corrected chi connectivity index (χ2v) is 7.51. The number of rotatable bonds is 5. The summed E-state index contributed by atoms with van der Waals surface area (Å²) in [4.78, 5) is 13.1. The Morgan fingerprint density at radius 3 is 2.64 bits per heavy atom. The molecule has 1 atom stereocenters. The fourth-order valence-corrected chi connectivity index (χ4v) is 3.46. The fraction of sp³-hybridized carbons (Fsp3) is 0.200. The third-order valence-electron chi connectivity index (χ3n) is 4.20. The molecule has 142 valence electrons. The lowest BCUT2D eigenvalue weighted by Crippen LogP contribution is -2.30. The lowest BCUT2D eigenvalue weighted by Gasteiger charge is -2.13. The van der Waals surface area contributed by atoms with E-state index in [9.17, 15) is 4.79 Å². The number of anilines is 1. The number of ether oxygens (including phenoxy) is 1. The molecule has 0 fully saturated rings. The molecule has 0 bridgehead atoms. The summed E-state index contributed by atoms with van der Waals surface area (Å²) < 4.78 is 7.33. The first-order valence-electron chi connectivity index (χ1n) is 8.83. The zero-order valence-electron chi connectivity index (χ0n) is 15.7. The van der Waals surface area contributed by atoms with Crippen molar-refractivity contribution in [3.63, 3.8) is 0 Å². The number of amides is 1. The Hall–Kier alpha value is -3.26. The fourth-order valence-electron chi connectivity index (χ4n) is 2.71. The van der Waals surface area contributed by atoms with E-state index in [0.29, 0.717) is 21.7 Å². The van der Waals surface area contributed by atoms with E-state index in [0.717, 1.165) is 16.7 Å². The van der Waals surface area contributed by atoms with Gasteiger partial charge in [0.15, 0.2) is 11.9 Å². The van der Waals surface area contributed by atoms with Crippen LogP contribution in [0.25, 0.3) is 16.3 Å². The first kappa shape index (κ1) is 18.1. The van der Waals surface area contributed by atoms with Crippen molar-refractivity contribution in [1.82, 2.24) is 19.8 Å². The van der Waals surface area contributed by atoms with Crippen molar-refractivity contribution in [3.05, 3.63) is 59.7 Å². The largest absolute Gasteiger partial charge is 0.481 e. The molecule has 2 aromatic heterocycles. The van der Waals surface area contributed by atoms with Crippen molar-refractivity contribution in [3.8, 4) is 17.1 Å². The van der Waals surface area contributed by atoms with Crippen molar-refractivity contribution in [2.24, 2.45) is 0 Å². The van der Waals surface area contributed by atoms with E-state index in [-0.39, 0.29) is 5.91 Å². The number of carbonyl (C=O) groups excluding carboxylic acids is 1. The van der Waals surface area contributed by atoms with Crippen LogP contribution in [0.5, 0.6) is 5.75 Å². The number of nitrogens with one attached hydrogen (secondary N) is 1. The molecule has 0 aliphatic rings. The number of hydrogen-bond donors (Lipinski definition) is 1. The van der Waals surface area contributed by atoms with Crippen molar-refractivity contribution < 1.29 is 9.53 Å². The lowest BCUT2D eigenvalue weighted by molar-refractivity contribution is -0.122. The van der Waals surface area contributed by atoms with Gasteiger partial charge in [0.25, 0.3) is 5.91 Å². The molecule has 0 unspecified atom stereocenters. The summed E-state index contributed by atoms with van der Waals surface area (Å²) in [5.74, 6) is 1.01. The van der Waals surface area contributed by atoms with Gasteiger partial charge in [0.05, 0.1) is 0 Å². The second-order valence-electron chi connectivity index (χ2n) is 6.56. The van der Waals surface area contributed by atoms with Crippen LogP contribution in [-0.2, 0) is 4.79 Å².